The molecule has 0 radical (unpaired) electrons. The summed E-state index contributed by atoms with van der Waals surface area (Å²) < 4.78 is 6.29. The van der Waals surface area contributed by atoms with Crippen LogP contribution in [0.1, 0.15) is 0 Å². The number of fused-ring (bicyclic) bond motifs is 9. The Balaban J connectivity index is 1.45. The first-order valence-corrected chi connectivity index (χ1v) is 14.1. The van der Waals surface area contributed by atoms with Crippen molar-refractivity contribution in [2.75, 3.05) is 0 Å². The molecule has 0 fully saturated rings. The maximum absolute atomic E-state index is 6.29. The van der Waals surface area contributed by atoms with E-state index in [-0.39, 0.29) is 0 Å². The maximum Gasteiger partial charge on any atom is 0.136 e. The molecule has 1 heteroatoms. The van der Waals surface area contributed by atoms with Gasteiger partial charge in [0.1, 0.15) is 11.2 Å². The minimum Gasteiger partial charge on any atom is -0.456 e. The Labute approximate surface area is 236 Å². The highest BCUT2D eigenvalue weighted by Gasteiger charge is 2.18. The highest BCUT2D eigenvalue weighted by Crippen LogP contribution is 2.45. The third-order valence-electron chi connectivity index (χ3n) is 8.63. The van der Waals surface area contributed by atoms with Gasteiger partial charge in [-0.1, -0.05) is 121 Å². The topological polar surface area (TPSA) is 13.1 Å². The molecule has 41 heavy (non-hydrogen) atoms. The van der Waals surface area contributed by atoms with Gasteiger partial charge in [-0.25, -0.2) is 0 Å². The number of hydrogen-bond acceptors (Lipinski definition) is 1. The Morgan fingerprint density at radius 3 is 1.56 bits per heavy atom. The Morgan fingerprint density at radius 2 is 0.805 bits per heavy atom. The van der Waals surface area contributed by atoms with Gasteiger partial charge in [0.25, 0.3) is 0 Å². The van der Waals surface area contributed by atoms with Crippen LogP contribution in [0.2, 0.25) is 0 Å². The molecule has 0 aliphatic rings. The third kappa shape index (κ3) is 3.24. The van der Waals surface area contributed by atoms with Gasteiger partial charge >= 0.3 is 0 Å². The summed E-state index contributed by atoms with van der Waals surface area (Å²) in [6.07, 6.45) is 0. The minimum atomic E-state index is 0.919. The summed E-state index contributed by atoms with van der Waals surface area (Å²) in [4.78, 5) is 0. The fourth-order valence-corrected chi connectivity index (χ4v) is 6.89. The molecule has 0 unspecified atom stereocenters. The number of hydrogen-bond donors (Lipinski definition) is 0. The second kappa shape index (κ2) is 8.55. The van der Waals surface area contributed by atoms with E-state index >= 15 is 0 Å². The van der Waals surface area contributed by atoms with Crippen LogP contribution < -0.4 is 0 Å². The molecule has 0 amide bonds. The van der Waals surface area contributed by atoms with Crippen molar-refractivity contribution >= 4 is 65.0 Å². The summed E-state index contributed by atoms with van der Waals surface area (Å²) in [6, 6.07) is 52.6. The molecule has 9 aromatic rings. The molecule has 0 saturated carbocycles. The van der Waals surface area contributed by atoms with E-state index < -0.39 is 0 Å². The number of benzene rings is 8. The lowest BCUT2D eigenvalue weighted by Crippen LogP contribution is -1.90. The monoisotopic (exact) mass is 520 g/mol. The van der Waals surface area contributed by atoms with Gasteiger partial charge in [0, 0.05) is 10.8 Å². The average Bonchev–Trinajstić information content (AvgIpc) is 3.43. The fraction of sp³-hybridized carbons (Fsp3) is 0. The van der Waals surface area contributed by atoms with Crippen molar-refractivity contribution in [3.63, 3.8) is 0 Å². The molecule has 0 aliphatic heterocycles. The molecular formula is C40H24O. The summed E-state index contributed by atoms with van der Waals surface area (Å²) in [5.74, 6) is 0. The van der Waals surface area contributed by atoms with Crippen LogP contribution in [0.4, 0.5) is 0 Å². The normalized spacial score (nSPS) is 11.9. The van der Waals surface area contributed by atoms with E-state index in [4.69, 9.17) is 4.42 Å². The van der Waals surface area contributed by atoms with Crippen LogP contribution in [-0.2, 0) is 0 Å². The molecule has 0 spiro atoms. The van der Waals surface area contributed by atoms with Crippen LogP contribution in [-0.4, -0.2) is 0 Å². The molecule has 0 aliphatic carbocycles. The highest BCUT2D eigenvalue weighted by atomic mass is 16.3. The smallest absolute Gasteiger partial charge is 0.136 e. The van der Waals surface area contributed by atoms with Crippen molar-refractivity contribution in [3.8, 4) is 22.3 Å². The van der Waals surface area contributed by atoms with E-state index in [0.29, 0.717) is 0 Å². The highest BCUT2D eigenvalue weighted by molar-refractivity contribution is 6.27. The molecular weight excluding hydrogens is 496 g/mol. The predicted octanol–water partition coefficient (Wildman–Crippen LogP) is 11.5. The number of para-hydroxylation sites is 1. The first-order chi connectivity index (χ1) is 20.3. The van der Waals surface area contributed by atoms with Crippen LogP contribution in [0.15, 0.2) is 150 Å². The van der Waals surface area contributed by atoms with Gasteiger partial charge in [0.05, 0.1) is 0 Å². The van der Waals surface area contributed by atoms with Crippen LogP contribution in [0.5, 0.6) is 0 Å². The second-order valence-corrected chi connectivity index (χ2v) is 10.8. The summed E-state index contributed by atoms with van der Waals surface area (Å²) in [7, 11) is 0. The van der Waals surface area contributed by atoms with Gasteiger partial charge in [0.15, 0.2) is 0 Å². The molecule has 190 valence electrons. The van der Waals surface area contributed by atoms with Gasteiger partial charge in [-0.15, -0.1) is 0 Å². The zero-order valence-electron chi connectivity index (χ0n) is 22.3. The van der Waals surface area contributed by atoms with Gasteiger partial charge in [0.2, 0.25) is 0 Å². The van der Waals surface area contributed by atoms with Crippen molar-refractivity contribution < 1.29 is 4.42 Å². The van der Waals surface area contributed by atoms with E-state index in [0.717, 1.165) is 16.6 Å². The summed E-state index contributed by atoms with van der Waals surface area (Å²) >= 11 is 0. The molecule has 1 heterocycles. The molecule has 0 N–H and O–H groups in total. The van der Waals surface area contributed by atoms with E-state index in [2.05, 4.69) is 140 Å². The first kappa shape index (κ1) is 22.4. The minimum absolute atomic E-state index is 0.919. The standard InChI is InChI=1S/C40H24O/c1-2-13-27-25(11-1)12-9-19-28(27)35-23-26-24-36(33-20-10-22-38-40(33)34-18-7-8-21-37(34)41-38)30-15-4-6-17-32(30)39(26)31-16-5-3-14-29(31)35/h1-24H. The van der Waals surface area contributed by atoms with Crippen LogP contribution in [0, 0.1) is 0 Å². The second-order valence-electron chi connectivity index (χ2n) is 10.8. The lowest BCUT2D eigenvalue weighted by molar-refractivity contribution is 0.669. The molecule has 1 nitrogen and oxygen atoms in total. The van der Waals surface area contributed by atoms with E-state index in [1.807, 2.05) is 6.07 Å². The summed E-state index contributed by atoms with van der Waals surface area (Å²) in [5.41, 5.74) is 6.79. The zero-order valence-corrected chi connectivity index (χ0v) is 22.3. The fourth-order valence-electron chi connectivity index (χ4n) is 6.89. The lowest BCUT2D eigenvalue weighted by atomic mass is 9.86. The predicted molar refractivity (Wildman–Crippen MR) is 175 cm³/mol. The van der Waals surface area contributed by atoms with E-state index in [9.17, 15) is 0 Å². The molecule has 0 atom stereocenters. The molecule has 0 bridgehead atoms. The molecule has 9 rings (SSSR count). The van der Waals surface area contributed by atoms with Crippen molar-refractivity contribution in [3.05, 3.63) is 146 Å². The number of furan rings is 1. The summed E-state index contributed by atoms with van der Waals surface area (Å²) in [5, 5.41) is 12.5. The third-order valence-corrected chi connectivity index (χ3v) is 8.63. The van der Waals surface area contributed by atoms with Crippen molar-refractivity contribution in [1.82, 2.24) is 0 Å². The summed E-state index contributed by atoms with van der Waals surface area (Å²) in [6.45, 7) is 0. The van der Waals surface area contributed by atoms with E-state index in [1.165, 1.54) is 70.7 Å². The largest absolute Gasteiger partial charge is 0.456 e. The molecule has 8 aromatic carbocycles. The van der Waals surface area contributed by atoms with Crippen molar-refractivity contribution in [1.29, 1.82) is 0 Å². The average molecular weight is 521 g/mol. The van der Waals surface area contributed by atoms with Crippen LogP contribution in [0.25, 0.3) is 87.3 Å². The lowest BCUT2D eigenvalue weighted by Gasteiger charge is -2.17. The number of rotatable bonds is 2. The Bertz CT molecular complexity index is 2470. The Hall–Kier alpha value is -5.40. The molecule has 1 aromatic heterocycles. The zero-order chi connectivity index (χ0) is 26.9. The SMILES string of the molecule is c1ccc2c(-c3cc4cc(-c5cccc6oc7ccccc7c56)c5ccccc5c4c4ccccc34)cccc2c1. The molecule has 0 saturated heterocycles. The van der Waals surface area contributed by atoms with Crippen molar-refractivity contribution in [2.45, 2.75) is 0 Å². The van der Waals surface area contributed by atoms with Crippen LogP contribution >= 0.6 is 0 Å². The van der Waals surface area contributed by atoms with Gasteiger partial charge in [-0.05, 0) is 89.6 Å². The Morgan fingerprint density at radius 1 is 0.293 bits per heavy atom. The van der Waals surface area contributed by atoms with Gasteiger partial charge in [-0.3, -0.25) is 0 Å². The van der Waals surface area contributed by atoms with Gasteiger partial charge < -0.3 is 4.42 Å². The quantitative estimate of drug-likeness (QED) is 0.207. The van der Waals surface area contributed by atoms with Crippen LogP contribution in [0.3, 0.4) is 0 Å². The van der Waals surface area contributed by atoms with Crippen molar-refractivity contribution in [2.24, 2.45) is 0 Å². The van der Waals surface area contributed by atoms with Gasteiger partial charge in [-0.2, -0.15) is 0 Å². The maximum atomic E-state index is 6.29. The van der Waals surface area contributed by atoms with E-state index in [1.54, 1.807) is 0 Å². The Kier molecular flexibility index (Phi) is 4.67. The first-order valence-electron chi connectivity index (χ1n) is 14.1.